The van der Waals surface area contributed by atoms with Crippen LogP contribution in [0.3, 0.4) is 0 Å². The first-order chi connectivity index (χ1) is 18.0. The van der Waals surface area contributed by atoms with Crippen molar-refractivity contribution < 1.29 is 18.6 Å². The highest BCUT2D eigenvalue weighted by molar-refractivity contribution is 5.42. The smallest absolute Gasteiger partial charge is 0.180 e. The Morgan fingerprint density at radius 2 is 1.95 bits per heavy atom. The molecule has 2 aromatic carbocycles. The minimum Gasteiger partial charge on any atom is -0.474 e. The minimum atomic E-state index is -0.897. The van der Waals surface area contributed by atoms with E-state index in [-0.39, 0.29) is 24.4 Å². The first-order valence-electron chi connectivity index (χ1n) is 13.1. The molecule has 0 bridgehead atoms. The van der Waals surface area contributed by atoms with Crippen LogP contribution in [-0.2, 0) is 16.7 Å². The maximum Gasteiger partial charge on any atom is 0.180 e. The molecule has 1 saturated carbocycles. The Morgan fingerprint density at radius 1 is 1.21 bits per heavy atom. The molecule has 1 aliphatic carbocycles. The van der Waals surface area contributed by atoms with Crippen LogP contribution < -0.4 is 10.6 Å². The number of hydrogen-bond donors (Lipinski definition) is 3. The summed E-state index contributed by atoms with van der Waals surface area (Å²) in [5.41, 5.74) is 1.78. The van der Waals surface area contributed by atoms with E-state index in [0.717, 1.165) is 30.2 Å². The number of benzene rings is 2. The third-order valence-electron chi connectivity index (χ3n) is 6.97. The van der Waals surface area contributed by atoms with E-state index >= 15 is 0 Å². The number of ether oxygens (including phenoxy) is 1. The number of aliphatic hydroxyl groups is 1. The summed E-state index contributed by atoms with van der Waals surface area (Å²) in [6.07, 6.45) is 4.89. The van der Waals surface area contributed by atoms with Crippen molar-refractivity contribution in [1.82, 2.24) is 20.4 Å². The molecule has 0 amide bonds. The van der Waals surface area contributed by atoms with Crippen LogP contribution in [0.2, 0.25) is 0 Å². The van der Waals surface area contributed by atoms with Crippen molar-refractivity contribution in [2.75, 3.05) is 6.54 Å². The summed E-state index contributed by atoms with van der Waals surface area (Å²) in [6, 6.07) is 13.0. The molecule has 4 atom stereocenters. The lowest BCUT2D eigenvalue weighted by atomic mass is 9.97. The molecule has 6 nitrogen and oxygen atoms in total. The van der Waals surface area contributed by atoms with Gasteiger partial charge in [0.25, 0.3) is 0 Å². The Morgan fingerprint density at radius 3 is 2.55 bits per heavy atom. The number of nitrogens with zero attached hydrogens (tertiary/aromatic N) is 2. The molecule has 1 heterocycles. The Hall–Kier alpha value is -3.23. The van der Waals surface area contributed by atoms with Crippen LogP contribution in [0.5, 0.6) is 0 Å². The Balaban J connectivity index is 1.52. The largest absolute Gasteiger partial charge is 0.474 e. The van der Waals surface area contributed by atoms with E-state index < -0.39 is 29.4 Å². The van der Waals surface area contributed by atoms with Gasteiger partial charge in [-0.25, -0.2) is 13.5 Å². The van der Waals surface area contributed by atoms with Crippen LogP contribution in [-0.4, -0.2) is 39.2 Å². The Bertz CT molecular complexity index is 1220. The fourth-order valence-corrected chi connectivity index (χ4v) is 5.14. The lowest BCUT2D eigenvalue weighted by Crippen LogP contribution is -2.49. The standard InChI is InChI=1S/C30H38F2N4O2/c1-6-22-18-30(22,23-9-7-10-26(16-23)36-12-8-11-34-36)33-19-28(37)27(35-20(2)38-29(3,4)5)15-21-13-24(31)17-25(32)14-21/h7-14,16-17,22,27-28,33,35,37H,2,6,15,18-19H2,1,3-5H3. The SMILES string of the molecule is C=C(NC(Cc1cc(F)cc(F)c1)C(O)CNC1(c2cccc(-n3cccn3)c2)CC1CC)OC(C)(C)C. The molecule has 1 aromatic heterocycles. The van der Waals surface area contributed by atoms with Crippen LogP contribution in [0.15, 0.2) is 73.4 Å². The molecule has 4 unspecified atom stereocenters. The van der Waals surface area contributed by atoms with Crippen LogP contribution in [0.1, 0.15) is 51.7 Å². The van der Waals surface area contributed by atoms with Crippen molar-refractivity contribution in [2.45, 2.75) is 70.2 Å². The highest BCUT2D eigenvalue weighted by Gasteiger charge is 2.54. The molecule has 0 saturated heterocycles. The molecule has 0 aliphatic heterocycles. The normalized spacial score (nSPS) is 20.6. The van der Waals surface area contributed by atoms with Crippen molar-refractivity contribution in [2.24, 2.45) is 5.92 Å². The quantitative estimate of drug-likeness (QED) is 0.284. The topological polar surface area (TPSA) is 71.3 Å². The average molecular weight is 525 g/mol. The summed E-state index contributed by atoms with van der Waals surface area (Å²) in [7, 11) is 0. The van der Waals surface area contributed by atoms with Gasteiger partial charge >= 0.3 is 0 Å². The van der Waals surface area contributed by atoms with Gasteiger partial charge in [0.05, 0.1) is 17.8 Å². The second-order valence-corrected chi connectivity index (χ2v) is 11.1. The zero-order chi connectivity index (χ0) is 27.5. The summed E-state index contributed by atoms with van der Waals surface area (Å²) in [5, 5.41) is 22.5. The fraction of sp³-hybridized carbons (Fsp3) is 0.433. The molecule has 38 heavy (non-hydrogen) atoms. The summed E-state index contributed by atoms with van der Waals surface area (Å²) >= 11 is 0. The molecule has 3 N–H and O–H groups in total. The minimum absolute atomic E-state index is 0.184. The Labute approximate surface area is 223 Å². The number of rotatable bonds is 12. The first-order valence-corrected chi connectivity index (χ1v) is 13.1. The van der Waals surface area contributed by atoms with Gasteiger partial charge in [-0.15, -0.1) is 0 Å². The molecule has 0 radical (unpaired) electrons. The van der Waals surface area contributed by atoms with Crippen LogP contribution in [0, 0.1) is 17.6 Å². The average Bonchev–Trinajstić information content (AvgIpc) is 3.29. The van der Waals surface area contributed by atoms with Gasteiger partial charge in [-0.2, -0.15) is 5.10 Å². The van der Waals surface area contributed by atoms with Gasteiger partial charge < -0.3 is 20.5 Å². The molecule has 0 spiro atoms. The van der Waals surface area contributed by atoms with E-state index in [2.05, 4.69) is 41.4 Å². The van der Waals surface area contributed by atoms with Crippen molar-refractivity contribution in [3.05, 3.63) is 96.1 Å². The van der Waals surface area contributed by atoms with Crippen molar-refractivity contribution >= 4 is 0 Å². The first kappa shape index (κ1) is 27.8. The number of aromatic nitrogens is 2. The molecule has 4 rings (SSSR count). The van der Waals surface area contributed by atoms with E-state index in [1.54, 1.807) is 6.20 Å². The number of aliphatic hydroxyl groups excluding tert-OH is 1. The highest BCUT2D eigenvalue weighted by Crippen LogP contribution is 2.54. The summed E-state index contributed by atoms with van der Waals surface area (Å²) < 4.78 is 35.4. The molecule has 3 aromatic rings. The molecule has 8 heteroatoms. The van der Waals surface area contributed by atoms with E-state index in [1.165, 1.54) is 12.1 Å². The molecule has 1 fully saturated rings. The second kappa shape index (κ2) is 11.3. The third-order valence-corrected chi connectivity index (χ3v) is 6.97. The second-order valence-electron chi connectivity index (χ2n) is 11.1. The number of halogens is 2. The van der Waals surface area contributed by atoms with E-state index in [0.29, 0.717) is 11.5 Å². The van der Waals surface area contributed by atoms with Gasteiger partial charge in [0.15, 0.2) is 5.88 Å². The molecular weight excluding hydrogens is 486 g/mol. The van der Waals surface area contributed by atoms with E-state index in [1.807, 2.05) is 49.8 Å². The zero-order valence-corrected chi connectivity index (χ0v) is 22.5. The van der Waals surface area contributed by atoms with Gasteiger partial charge in [-0.05, 0) is 87.6 Å². The summed E-state index contributed by atoms with van der Waals surface area (Å²) in [6.45, 7) is 12.1. The predicted octanol–water partition coefficient (Wildman–Crippen LogP) is 5.21. The molecule has 1 aliphatic rings. The van der Waals surface area contributed by atoms with Gasteiger partial charge in [0, 0.05) is 30.5 Å². The zero-order valence-electron chi connectivity index (χ0n) is 22.5. The van der Waals surface area contributed by atoms with Gasteiger partial charge in [0.1, 0.15) is 17.2 Å². The third kappa shape index (κ3) is 6.79. The predicted molar refractivity (Wildman–Crippen MR) is 145 cm³/mol. The maximum atomic E-state index is 13.9. The Kier molecular flexibility index (Phi) is 8.23. The van der Waals surface area contributed by atoms with Gasteiger partial charge in [-0.1, -0.05) is 25.5 Å². The fourth-order valence-electron chi connectivity index (χ4n) is 5.14. The van der Waals surface area contributed by atoms with E-state index in [4.69, 9.17) is 4.74 Å². The van der Waals surface area contributed by atoms with Crippen LogP contribution in [0.4, 0.5) is 8.78 Å². The molecule has 204 valence electrons. The summed E-state index contributed by atoms with van der Waals surface area (Å²) in [4.78, 5) is 0. The van der Waals surface area contributed by atoms with E-state index in [9.17, 15) is 13.9 Å². The van der Waals surface area contributed by atoms with Crippen LogP contribution in [0.25, 0.3) is 5.69 Å². The number of hydrogen-bond acceptors (Lipinski definition) is 5. The molecular formula is C30H38F2N4O2. The van der Waals surface area contributed by atoms with Gasteiger partial charge in [-0.3, -0.25) is 0 Å². The summed E-state index contributed by atoms with van der Waals surface area (Å²) in [5.74, 6) is -0.602. The lowest BCUT2D eigenvalue weighted by molar-refractivity contribution is 0.0284. The van der Waals surface area contributed by atoms with Gasteiger partial charge in [0.2, 0.25) is 0 Å². The van der Waals surface area contributed by atoms with Crippen molar-refractivity contribution in [3.63, 3.8) is 0 Å². The maximum absolute atomic E-state index is 13.9. The highest BCUT2D eigenvalue weighted by atomic mass is 19.1. The number of nitrogens with one attached hydrogen (secondary N) is 2. The lowest BCUT2D eigenvalue weighted by Gasteiger charge is -2.31. The van der Waals surface area contributed by atoms with Crippen molar-refractivity contribution in [1.29, 1.82) is 0 Å². The monoisotopic (exact) mass is 524 g/mol. The van der Waals surface area contributed by atoms with Crippen molar-refractivity contribution in [3.8, 4) is 5.69 Å². The van der Waals surface area contributed by atoms with Crippen LogP contribution >= 0.6 is 0 Å².